The van der Waals surface area contributed by atoms with Gasteiger partial charge in [0, 0.05) is 30.9 Å². The van der Waals surface area contributed by atoms with Crippen LogP contribution < -0.4 is 0 Å². The number of imidazole rings is 1. The summed E-state index contributed by atoms with van der Waals surface area (Å²) in [4.78, 5) is 19.8. The lowest BCUT2D eigenvalue weighted by Crippen LogP contribution is -2.46. The van der Waals surface area contributed by atoms with Gasteiger partial charge < -0.3 is 4.74 Å². The number of aromatic nitrogens is 2. The molecule has 5 nitrogen and oxygen atoms in total. The van der Waals surface area contributed by atoms with Crippen LogP contribution in [0.3, 0.4) is 0 Å². The highest BCUT2D eigenvalue weighted by molar-refractivity contribution is 7.15. The van der Waals surface area contributed by atoms with Crippen molar-refractivity contribution in [3.63, 3.8) is 0 Å². The number of nitrogens with zero attached hydrogens (tertiary/aromatic N) is 3. The van der Waals surface area contributed by atoms with Crippen molar-refractivity contribution < 1.29 is 9.53 Å². The second-order valence-corrected chi connectivity index (χ2v) is 5.59. The van der Waals surface area contributed by atoms with Gasteiger partial charge in [0.1, 0.15) is 6.10 Å². The van der Waals surface area contributed by atoms with Gasteiger partial charge in [0.25, 0.3) is 0 Å². The summed E-state index contributed by atoms with van der Waals surface area (Å²) in [6.45, 7) is 5.34. The molecule has 1 atom stereocenters. The average molecular weight is 279 g/mol. The topological polar surface area (TPSA) is 46.8 Å². The number of ether oxygens (including phenoxy) is 1. The van der Waals surface area contributed by atoms with Crippen LogP contribution in [0.5, 0.6) is 0 Å². The van der Waals surface area contributed by atoms with E-state index in [4.69, 9.17) is 4.74 Å². The molecular formula is C13H17N3O2S. The molecule has 0 amide bonds. The third kappa shape index (κ3) is 2.70. The fourth-order valence-corrected chi connectivity index (χ4v) is 3.06. The minimum atomic E-state index is -0.298. The van der Waals surface area contributed by atoms with Gasteiger partial charge in [0.15, 0.2) is 10.7 Å². The van der Waals surface area contributed by atoms with E-state index in [2.05, 4.69) is 16.8 Å². The van der Waals surface area contributed by atoms with E-state index < -0.39 is 0 Å². The normalized spacial score (nSPS) is 21.0. The van der Waals surface area contributed by atoms with Gasteiger partial charge in [-0.1, -0.05) is 6.92 Å². The Labute approximate surface area is 115 Å². The molecule has 19 heavy (non-hydrogen) atoms. The Hall–Kier alpha value is -1.24. The van der Waals surface area contributed by atoms with E-state index in [0.717, 1.165) is 23.7 Å². The van der Waals surface area contributed by atoms with E-state index in [1.54, 1.807) is 11.3 Å². The lowest BCUT2D eigenvalue weighted by Gasteiger charge is -2.31. The third-order valence-corrected chi connectivity index (χ3v) is 4.23. The molecule has 1 unspecified atom stereocenters. The van der Waals surface area contributed by atoms with Gasteiger partial charge in [0.2, 0.25) is 0 Å². The number of likely N-dealkylation sites (N-methyl/N-ethyl adjacent to an activating group) is 1. The zero-order chi connectivity index (χ0) is 13.2. The minimum absolute atomic E-state index is 0.129. The summed E-state index contributed by atoms with van der Waals surface area (Å²) in [5.41, 5.74) is 0.828. The zero-order valence-corrected chi connectivity index (χ0v) is 11.7. The summed E-state index contributed by atoms with van der Waals surface area (Å²) >= 11 is 1.58. The molecule has 6 heteroatoms. The molecule has 0 saturated carbocycles. The van der Waals surface area contributed by atoms with Crippen LogP contribution in [-0.2, 0) is 16.0 Å². The van der Waals surface area contributed by atoms with Crippen molar-refractivity contribution in [2.75, 3.05) is 26.2 Å². The van der Waals surface area contributed by atoms with Crippen molar-refractivity contribution in [3.05, 3.63) is 23.5 Å². The lowest BCUT2D eigenvalue weighted by atomic mass is 10.1. The second kappa shape index (κ2) is 5.40. The van der Waals surface area contributed by atoms with Gasteiger partial charge in [0.05, 0.1) is 18.7 Å². The molecular weight excluding hydrogens is 262 g/mol. The maximum absolute atomic E-state index is 12.2. The van der Waals surface area contributed by atoms with E-state index >= 15 is 0 Å². The third-order valence-electron chi connectivity index (χ3n) is 3.46. The van der Waals surface area contributed by atoms with Crippen LogP contribution in [0.4, 0.5) is 0 Å². The Morgan fingerprint density at radius 3 is 3.32 bits per heavy atom. The van der Waals surface area contributed by atoms with E-state index in [0.29, 0.717) is 19.6 Å². The first-order valence-electron chi connectivity index (χ1n) is 6.54. The minimum Gasteiger partial charge on any atom is -0.368 e. The first-order chi connectivity index (χ1) is 9.26. The van der Waals surface area contributed by atoms with Gasteiger partial charge in [-0.05, 0) is 6.54 Å². The molecule has 0 bridgehead atoms. The first-order valence-corrected chi connectivity index (χ1v) is 7.42. The number of ketones is 1. The standard InChI is InChI=1S/C13H17N3O2S/c1-2-15-3-5-18-12(9-15)11(17)7-10-8-16-4-6-19-13(16)14-10/h4,6,8,12H,2-3,5,7,9H2,1H3. The number of carbonyl (C=O) groups excluding carboxylic acids is 1. The van der Waals surface area contributed by atoms with Crippen molar-refractivity contribution in [2.24, 2.45) is 0 Å². The summed E-state index contributed by atoms with van der Waals surface area (Å²) in [5, 5.41) is 1.98. The SMILES string of the molecule is CCN1CCOC(C(=O)Cc2cn3ccsc3n2)C1. The Morgan fingerprint density at radius 1 is 1.63 bits per heavy atom. The van der Waals surface area contributed by atoms with Crippen molar-refractivity contribution in [1.29, 1.82) is 0 Å². The Balaban J connectivity index is 1.65. The van der Waals surface area contributed by atoms with E-state index in [-0.39, 0.29) is 11.9 Å². The molecule has 0 aromatic carbocycles. The fourth-order valence-electron chi connectivity index (χ4n) is 2.34. The molecule has 1 saturated heterocycles. The highest BCUT2D eigenvalue weighted by atomic mass is 32.1. The fraction of sp³-hybridized carbons (Fsp3) is 0.538. The molecule has 2 aromatic heterocycles. The number of hydrogen-bond acceptors (Lipinski definition) is 5. The van der Waals surface area contributed by atoms with Gasteiger partial charge in [-0.25, -0.2) is 4.98 Å². The summed E-state index contributed by atoms with van der Waals surface area (Å²) in [6.07, 6.45) is 3.94. The molecule has 2 aromatic rings. The Kier molecular flexibility index (Phi) is 3.63. The maximum Gasteiger partial charge on any atom is 0.193 e. The number of carbonyl (C=O) groups is 1. The molecule has 3 heterocycles. The van der Waals surface area contributed by atoms with Crippen LogP contribution in [0.25, 0.3) is 4.96 Å². The highest BCUT2D eigenvalue weighted by Gasteiger charge is 2.26. The Bertz CT molecular complexity index is 549. The highest BCUT2D eigenvalue weighted by Crippen LogP contribution is 2.14. The van der Waals surface area contributed by atoms with Crippen molar-refractivity contribution in [3.8, 4) is 0 Å². The summed E-state index contributed by atoms with van der Waals surface area (Å²) in [6, 6.07) is 0. The smallest absolute Gasteiger partial charge is 0.193 e. The van der Waals surface area contributed by atoms with Crippen LogP contribution in [0.1, 0.15) is 12.6 Å². The number of hydrogen-bond donors (Lipinski definition) is 0. The van der Waals surface area contributed by atoms with Crippen LogP contribution in [0, 0.1) is 0 Å². The van der Waals surface area contributed by atoms with Crippen LogP contribution in [0.2, 0.25) is 0 Å². The van der Waals surface area contributed by atoms with Crippen LogP contribution >= 0.6 is 11.3 Å². The number of morpholine rings is 1. The van der Waals surface area contributed by atoms with Gasteiger partial charge >= 0.3 is 0 Å². The molecule has 1 fully saturated rings. The monoisotopic (exact) mass is 279 g/mol. The predicted octanol–water partition coefficient (Wildman–Crippen LogP) is 1.23. The first kappa shape index (κ1) is 12.8. The summed E-state index contributed by atoms with van der Waals surface area (Å²) in [7, 11) is 0. The van der Waals surface area contributed by atoms with Crippen molar-refractivity contribution in [1.82, 2.24) is 14.3 Å². The maximum atomic E-state index is 12.2. The number of Topliss-reactive ketones (excluding diaryl/α,β-unsaturated/α-hetero) is 1. The molecule has 1 aliphatic rings. The van der Waals surface area contributed by atoms with Gasteiger partial charge in [-0.15, -0.1) is 11.3 Å². The number of fused-ring (bicyclic) bond motifs is 1. The lowest BCUT2D eigenvalue weighted by molar-refractivity contribution is -0.135. The number of rotatable bonds is 4. The van der Waals surface area contributed by atoms with Crippen LogP contribution in [-0.4, -0.2) is 52.4 Å². The van der Waals surface area contributed by atoms with Crippen molar-refractivity contribution in [2.45, 2.75) is 19.4 Å². The van der Waals surface area contributed by atoms with Gasteiger partial charge in [-0.3, -0.25) is 14.1 Å². The molecule has 0 N–H and O–H groups in total. The molecule has 0 spiro atoms. The predicted molar refractivity (Wildman–Crippen MR) is 73.6 cm³/mol. The van der Waals surface area contributed by atoms with Gasteiger partial charge in [-0.2, -0.15) is 0 Å². The molecule has 0 aliphatic carbocycles. The molecule has 3 rings (SSSR count). The van der Waals surface area contributed by atoms with E-state index in [1.807, 2.05) is 22.2 Å². The quantitative estimate of drug-likeness (QED) is 0.844. The van der Waals surface area contributed by atoms with Crippen LogP contribution in [0.15, 0.2) is 17.8 Å². The Morgan fingerprint density at radius 2 is 2.53 bits per heavy atom. The molecule has 1 aliphatic heterocycles. The largest absolute Gasteiger partial charge is 0.368 e. The zero-order valence-electron chi connectivity index (χ0n) is 10.9. The second-order valence-electron chi connectivity index (χ2n) is 4.72. The van der Waals surface area contributed by atoms with E-state index in [1.165, 1.54) is 0 Å². The molecule has 102 valence electrons. The summed E-state index contributed by atoms with van der Waals surface area (Å²) in [5.74, 6) is 0.129. The summed E-state index contributed by atoms with van der Waals surface area (Å²) < 4.78 is 7.53. The van der Waals surface area contributed by atoms with E-state index in [9.17, 15) is 4.79 Å². The van der Waals surface area contributed by atoms with Crippen molar-refractivity contribution >= 4 is 22.1 Å². The molecule has 0 radical (unpaired) electrons. The average Bonchev–Trinajstić information content (AvgIpc) is 2.99. The number of thiazole rings is 1.